The topological polar surface area (TPSA) is 87.8 Å². The number of nitrogens with one attached hydrogen (secondary N) is 2. The van der Waals surface area contributed by atoms with Crippen LogP contribution in [0.25, 0.3) is 0 Å². The van der Waals surface area contributed by atoms with E-state index >= 15 is 0 Å². The summed E-state index contributed by atoms with van der Waals surface area (Å²) in [6.07, 6.45) is 31.4. The van der Waals surface area contributed by atoms with Gasteiger partial charge >= 0.3 is 5.97 Å². The molecular weight excluding hydrogens is 871 g/mol. The van der Waals surface area contributed by atoms with Gasteiger partial charge in [0.25, 0.3) is 0 Å². The van der Waals surface area contributed by atoms with Crippen LogP contribution < -0.4 is 10.6 Å². The second kappa shape index (κ2) is 30.6. The zero-order valence-corrected chi connectivity index (χ0v) is 49.4. The number of rotatable bonds is 36. The summed E-state index contributed by atoms with van der Waals surface area (Å²) in [7, 11) is 0. The van der Waals surface area contributed by atoms with Gasteiger partial charge in [0.15, 0.2) is 0 Å². The van der Waals surface area contributed by atoms with Crippen molar-refractivity contribution in [3.63, 3.8) is 0 Å². The summed E-state index contributed by atoms with van der Waals surface area (Å²) < 4.78 is 6.59. The quantitative estimate of drug-likeness (QED) is 0.0467. The van der Waals surface area contributed by atoms with Crippen molar-refractivity contribution in [1.29, 1.82) is 0 Å². The lowest BCUT2D eigenvalue weighted by Crippen LogP contribution is -2.64. The molecule has 414 valence electrons. The van der Waals surface area contributed by atoms with Crippen LogP contribution in [0.2, 0.25) is 0 Å². The molecule has 3 aliphatic rings. The van der Waals surface area contributed by atoms with E-state index in [1.54, 1.807) is 0 Å². The zero-order chi connectivity index (χ0) is 52.1. The SMILES string of the molecule is CCCCCCCCON1C(C)(C)CC(NCCCCC(CNC2CC(C)(C)N(OCCCCCCCC)C(C)(C)C2)C(C)C(=O)OC2CC(C)(C)N(OCCCCCCCC)C(C)(C)C2)CC1(C)C. The largest absolute Gasteiger partial charge is 0.462 e. The van der Waals surface area contributed by atoms with Crippen LogP contribution in [-0.4, -0.2) is 105 Å². The van der Waals surface area contributed by atoms with E-state index in [1.807, 2.05) is 0 Å². The van der Waals surface area contributed by atoms with E-state index in [1.165, 1.54) is 96.3 Å². The van der Waals surface area contributed by atoms with Crippen LogP contribution >= 0.6 is 0 Å². The van der Waals surface area contributed by atoms with Crippen LogP contribution in [0.3, 0.4) is 0 Å². The van der Waals surface area contributed by atoms with Crippen molar-refractivity contribution < 1.29 is 24.0 Å². The standard InChI is InChI=1S/C60H119N5O5/c1-17-20-23-26-29-34-39-67-63-55(5,6)42-51(43-56(63,7)8)61-38-33-32-37-50(48-62-52-44-57(9,10)64(58(11,12)45-52)68-40-35-30-27-24-21-18-2)49(4)54(66)70-53-46-59(13,14)65(60(15,16)47-53)69-41-36-31-28-25-22-19-3/h49-53,61-62H,17-48H2,1-16H3. The molecule has 70 heavy (non-hydrogen) atoms. The predicted molar refractivity (Wildman–Crippen MR) is 296 cm³/mol. The van der Waals surface area contributed by atoms with E-state index in [-0.39, 0.29) is 57.1 Å². The summed E-state index contributed by atoms with van der Waals surface area (Å²) in [6.45, 7) is 40.9. The molecule has 0 bridgehead atoms. The Bertz CT molecular complexity index is 1360. The molecule has 0 spiro atoms. The molecule has 0 aromatic rings. The van der Waals surface area contributed by atoms with E-state index in [2.05, 4.69) is 137 Å². The Morgan fingerprint density at radius 2 is 0.786 bits per heavy atom. The number of hydroxylamine groups is 6. The molecule has 3 saturated heterocycles. The van der Waals surface area contributed by atoms with Crippen molar-refractivity contribution in [2.24, 2.45) is 11.8 Å². The van der Waals surface area contributed by atoms with Crippen molar-refractivity contribution in [2.45, 2.75) is 336 Å². The Kier molecular flexibility index (Phi) is 27.8. The van der Waals surface area contributed by atoms with Gasteiger partial charge in [-0.3, -0.25) is 19.3 Å². The lowest BCUT2D eigenvalue weighted by molar-refractivity contribution is -0.293. The van der Waals surface area contributed by atoms with Gasteiger partial charge in [-0.05, 0) is 160 Å². The lowest BCUT2D eigenvalue weighted by atomic mass is 9.78. The molecule has 0 aromatic heterocycles. The molecule has 10 nitrogen and oxygen atoms in total. The number of ether oxygens (including phenoxy) is 1. The maximum atomic E-state index is 14.4. The molecule has 0 radical (unpaired) electrons. The van der Waals surface area contributed by atoms with Gasteiger partial charge in [-0.25, -0.2) is 0 Å². The average molecular weight is 991 g/mol. The third kappa shape index (κ3) is 21.4. The van der Waals surface area contributed by atoms with Crippen molar-refractivity contribution in [2.75, 3.05) is 32.9 Å². The Balaban J connectivity index is 1.63. The molecule has 0 aliphatic carbocycles. The summed E-state index contributed by atoms with van der Waals surface area (Å²) in [5.41, 5.74) is -0.815. The van der Waals surface area contributed by atoms with E-state index in [0.29, 0.717) is 12.1 Å². The molecule has 3 fully saturated rings. The molecule has 3 rings (SSSR count). The molecule has 0 saturated carbocycles. The number of carbonyl (C=O) groups excluding carboxylic acids is 1. The zero-order valence-electron chi connectivity index (χ0n) is 49.4. The second-order valence-electron chi connectivity index (χ2n) is 26.6. The molecular formula is C60H119N5O5. The fraction of sp³-hybridized carbons (Fsp3) is 0.983. The number of nitrogens with zero attached hydrogens (tertiary/aromatic N) is 3. The molecule has 0 amide bonds. The van der Waals surface area contributed by atoms with Gasteiger partial charge < -0.3 is 15.4 Å². The monoisotopic (exact) mass is 990 g/mol. The van der Waals surface area contributed by atoms with Gasteiger partial charge in [-0.1, -0.05) is 130 Å². The van der Waals surface area contributed by atoms with Crippen molar-refractivity contribution in [3.8, 4) is 0 Å². The summed E-state index contributed by atoms with van der Waals surface area (Å²) in [5, 5.41) is 14.9. The summed E-state index contributed by atoms with van der Waals surface area (Å²) >= 11 is 0. The molecule has 2 N–H and O–H groups in total. The van der Waals surface area contributed by atoms with Crippen molar-refractivity contribution in [3.05, 3.63) is 0 Å². The number of carbonyl (C=O) groups is 1. The highest BCUT2D eigenvalue weighted by Crippen LogP contribution is 2.42. The van der Waals surface area contributed by atoms with Gasteiger partial charge in [0.05, 0.1) is 25.7 Å². The van der Waals surface area contributed by atoms with Crippen LogP contribution in [-0.2, 0) is 24.0 Å². The highest BCUT2D eigenvalue weighted by Gasteiger charge is 2.50. The highest BCUT2D eigenvalue weighted by atomic mass is 16.7. The number of hydrogen-bond acceptors (Lipinski definition) is 10. The summed E-state index contributed by atoms with van der Waals surface area (Å²) in [6, 6.07) is 0.777. The Hall–Kier alpha value is -0.850. The maximum Gasteiger partial charge on any atom is 0.309 e. The summed E-state index contributed by atoms with van der Waals surface area (Å²) in [5.74, 6) is -0.0819. The van der Waals surface area contributed by atoms with Gasteiger partial charge in [-0.2, -0.15) is 15.2 Å². The number of piperidine rings is 3. The molecule has 10 heteroatoms. The van der Waals surface area contributed by atoms with Crippen LogP contribution in [0.15, 0.2) is 0 Å². The van der Waals surface area contributed by atoms with E-state index in [0.717, 1.165) is 110 Å². The molecule has 2 atom stereocenters. The molecule has 0 aromatic carbocycles. The van der Waals surface area contributed by atoms with Gasteiger partial charge in [-0.15, -0.1) is 0 Å². The third-order valence-corrected chi connectivity index (χ3v) is 16.4. The Morgan fingerprint density at radius 1 is 0.457 bits per heavy atom. The molecule has 3 aliphatic heterocycles. The van der Waals surface area contributed by atoms with Crippen LogP contribution in [0, 0.1) is 11.8 Å². The normalized spacial score (nSPS) is 22.9. The Morgan fingerprint density at radius 3 is 1.16 bits per heavy atom. The van der Waals surface area contributed by atoms with Crippen molar-refractivity contribution in [1.82, 2.24) is 25.8 Å². The first-order valence-corrected chi connectivity index (χ1v) is 29.9. The van der Waals surface area contributed by atoms with Crippen LogP contribution in [0.1, 0.15) is 284 Å². The van der Waals surface area contributed by atoms with Gasteiger partial charge in [0.2, 0.25) is 0 Å². The average Bonchev–Trinajstić information content (AvgIpc) is 3.24. The highest BCUT2D eigenvalue weighted by molar-refractivity contribution is 5.72. The van der Waals surface area contributed by atoms with Crippen molar-refractivity contribution >= 4 is 5.97 Å². The van der Waals surface area contributed by atoms with Gasteiger partial charge in [0, 0.05) is 58.2 Å². The van der Waals surface area contributed by atoms with Crippen LogP contribution in [0.4, 0.5) is 0 Å². The van der Waals surface area contributed by atoms with E-state index < -0.39 is 0 Å². The second-order valence-corrected chi connectivity index (χ2v) is 26.6. The first kappa shape index (κ1) is 63.4. The predicted octanol–water partition coefficient (Wildman–Crippen LogP) is 15.1. The minimum atomic E-state index is -0.249. The first-order chi connectivity index (χ1) is 32.9. The maximum absolute atomic E-state index is 14.4. The fourth-order valence-corrected chi connectivity index (χ4v) is 13.4. The number of hydrogen-bond donors (Lipinski definition) is 2. The van der Waals surface area contributed by atoms with Crippen LogP contribution in [0.5, 0.6) is 0 Å². The Labute approximate surface area is 434 Å². The number of esters is 1. The van der Waals surface area contributed by atoms with Gasteiger partial charge in [0.1, 0.15) is 6.10 Å². The third-order valence-electron chi connectivity index (χ3n) is 16.4. The van der Waals surface area contributed by atoms with E-state index in [9.17, 15) is 4.79 Å². The van der Waals surface area contributed by atoms with E-state index in [4.69, 9.17) is 19.2 Å². The summed E-state index contributed by atoms with van der Waals surface area (Å²) in [4.78, 5) is 34.1. The number of unbranched alkanes of at least 4 members (excludes halogenated alkanes) is 16. The first-order valence-electron chi connectivity index (χ1n) is 29.9. The minimum Gasteiger partial charge on any atom is -0.462 e. The fourth-order valence-electron chi connectivity index (χ4n) is 13.4. The minimum absolute atomic E-state index is 0.0449. The molecule has 3 heterocycles. The molecule has 2 unspecified atom stereocenters. The smallest absolute Gasteiger partial charge is 0.309 e. The lowest BCUT2D eigenvalue weighted by Gasteiger charge is -2.54.